The fraction of sp³-hybridized carbons (Fsp3) is 0.767. The maximum Gasteiger partial charge on any atom is 0.330 e. The second-order valence-corrected chi connectivity index (χ2v) is 13.3. The van der Waals surface area contributed by atoms with Crippen LogP contribution in [0.5, 0.6) is 0 Å². The van der Waals surface area contributed by atoms with Crippen molar-refractivity contribution in [3.63, 3.8) is 0 Å². The van der Waals surface area contributed by atoms with Crippen LogP contribution in [0.4, 0.5) is 0 Å². The van der Waals surface area contributed by atoms with Gasteiger partial charge in [0.05, 0.1) is 5.41 Å². The van der Waals surface area contributed by atoms with Gasteiger partial charge in [0.2, 0.25) is 0 Å². The fourth-order valence-electron chi connectivity index (χ4n) is 8.20. The highest BCUT2D eigenvalue weighted by molar-refractivity contribution is 6.26. The molecule has 218 valence electrons. The summed E-state index contributed by atoms with van der Waals surface area (Å²) in [6, 6.07) is 0. The maximum absolute atomic E-state index is 13.1. The normalized spacial score (nSPS) is 43.6. The van der Waals surface area contributed by atoms with Gasteiger partial charge < -0.3 is 24.8 Å². The van der Waals surface area contributed by atoms with E-state index in [9.17, 15) is 29.7 Å². The first kappa shape index (κ1) is 30.2. The molecule has 0 aromatic heterocycles. The number of alkyl halides is 1. The number of aliphatic hydroxyl groups is 3. The molecule has 0 amide bonds. The van der Waals surface area contributed by atoms with Gasteiger partial charge in [-0.2, -0.15) is 0 Å². The van der Waals surface area contributed by atoms with Crippen molar-refractivity contribution >= 4 is 29.3 Å². The summed E-state index contributed by atoms with van der Waals surface area (Å²) in [5, 5.41) is 36.7. The number of ketones is 1. The summed E-state index contributed by atoms with van der Waals surface area (Å²) >= 11 is 5.64. The van der Waals surface area contributed by atoms with Crippen molar-refractivity contribution in [1.82, 2.24) is 0 Å². The van der Waals surface area contributed by atoms with Gasteiger partial charge in [-0.3, -0.25) is 9.59 Å². The summed E-state index contributed by atoms with van der Waals surface area (Å²) in [5.41, 5.74) is -5.95. The average molecular weight is 567 g/mol. The molecule has 8 atom stereocenters. The van der Waals surface area contributed by atoms with Gasteiger partial charge in [0.25, 0.3) is 0 Å². The van der Waals surface area contributed by atoms with Crippen LogP contribution in [0.15, 0.2) is 23.3 Å². The van der Waals surface area contributed by atoms with Gasteiger partial charge in [-0.15, -0.1) is 11.6 Å². The lowest BCUT2D eigenvalue weighted by molar-refractivity contribution is -0.314. The van der Waals surface area contributed by atoms with Crippen LogP contribution in [0.3, 0.4) is 0 Å². The van der Waals surface area contributed by atoms with E-state index in [0.29, 0.717) is 19.3 Å². The van der Waals surface area contributed by atoms with Gasteiger partial charge >= 0.3 is 11.9 Å². The lowest BCUT2D eigenvalue weighted by atomic mass is 9.42. The van der Waals surface area contributed by atoms with Crippen molar-refractivity contribution in [2.24, 2.45) is 22.7 Å². The van der Waals surface area contributed by atoms with Crippen molar-refractivity contribution in [2.45, 2.75) is 115 Å². The molecule has 4 rings (SSSR count). The Kier molecular flexibility index (Phi) is 7.72. The predicted molar refractivity (Wildman–Crippen MR) is 145 cm³/mol. The van der Waals surface area contributed by atoms with E-state index in [1.807, 2.05) is 33.8 Å². The Balaban J connectivity index is 1.79. The number of hydrogen-bond acceptors (Lipinski definition) is 8. The SMILES string of the molecule is CC(=O)[C@]1(O)CC[C@@]2(O)[C@]1(C)[C@H](OC(=O)/C=C(\C)C(C)C)C[C@@H]1[C@@]3(C)CCC(OC(=O)CCl)CC3=CC[C@]12O. The molecule has 39 heavy (non-hydrogen) atoms. The van der Waals surface area contributed by atoms with Crippen molar-refractivity contribution in [2.75, 3.05) is 5.88 Å². The first-order valence-corrected chi connectivity index (χ1v) is 14.6. The quantitative estimate of drug-likeness (QED) is 0.192. The molecule has 0 aromatic rings. The third kappa shape index (κ3) is 4.23. The minimum atomic E-state index is -1.98. The van der Waals surface area contributed by atoms with Crippen LogP contribution >= 0.6 is 11.6 Å². The summed E-state index contributed by atoms with van der Waals surface area (Å²) < 4.78 is 11.6. The van der Waals surface area contributed by atoms with Crippen LogP contribution in [0, 0.1) is 22.7 Å². The molecule has 1 unspecified atom stereocenters. The summed E-state index contributed by atoms with van der Waals surface area (Å²) in [7, 11) is 0. The number of halogens is 1. The van der Waals surface area contributed by atoms with E-state index >= 15 is 0 Å². The monoisotopic (exact) mass is 566 g/mol. The molecule has 3 saturated carbocycles. The molecule has 0 bridgehead atoms. The van der Waals surface area contributed by atoms with Crippen LogP contribution in [0.1, 0.15) is 86.5 Å². The molecule has 0 saturated heterocycles. The molecule has 8 nitrogen and oxygen atoms in total. The van der Waals surface area contributed by atoms with E-state index in [1.165, 1.54) is 13.0 Å². The Labute approximate surface area is 235 Å². The topological polar surface area (TPSA) is 130 Å². The molecule has 4 aliphatic carbocycles. The first-order chi connectivity index (χ1) is 18.0. The minimum Gasteiger partial charge on any atom is -0.461 e. The number of carbonyl (C=O) groups excluding carboxylic acids is 3. The third-order valence-corrected chi connectivity index (χ3v) is 11.3. The lowest BCUT2D eigenvalue weighted by Crippen LogP contribution is -2.78. The minimum absolute atomic E-state index is 0.0172. The molecule has 0 radical (unpaired) electrons. The van der Waals surface area contributed by atoms with Crippen molar-refractivity contribution < 1.29 is 39.2 Å². The summed E-state index contributed by atoms with van der Waals surface area (Å²) in [4.78, 5) is 37.9. The molecular weight excluding hydrogens is 524 g/mol. The highest BCUT2D eigenvalue weighted by Crippen LogP contribution is 2.71. The first-order valence-electron chi connectivity index (χ1n) is 14.0. The summed E-state index contributed by atoms with van der Waals surface area (Å²) in [5.74, 6) is -2.25. The Morgan fingerprint density at radius 2 is 1.77 bits per heavy atom. The molecule has 4 aliphatic rings. The number of ether oxygens (including phenoxy) is 2. The average Bonchev–Trinajstić information content (AvgIpc) is 3.09. The highest BCUT2D eigenvalue weighted by Gasteiger charge is 2.81. The zero-order valence-electron chi connectivity index (χ0n) is 23.9. The van der Waals surface area contributed by atoms with Crippen LogP contribution in [0.25, 0.3) is 0 Å². The third-order valence-electron chi connectivity index (χ3n) is 11.1. The molecule has 3 N–H and O–H groups in total. The Hall–Kier alpha value is -1.74. The van der Waals surface area contributed by atoms with E-state index < -0.39 is 57.4 Å². The smallest absolute Gasteiger partial charge is 0.330 e. The van der Waals surface area contributed by atoms with E-state index in [1.54, 1.807) is 6.92 Å². The standard InChI is InChI=1S/C30H43ClO8/c1-17(2)18(3)13-24(33)39-23-15-22-26(5)9-8-21(38-25(34)16-31)14-20(26)7-10-29(22,36)30(37)12-11-28(35,19(4)32)27(23,30)6/h7,13,17,21-23,35-37H,8-12,14-16H2,1-6H3/b18-13+/t21?,22-,23-,26+,27-,28-,29+,30-/m1/s1. The van der Waals surface area contributed by atoms with Gasteiger partial charge in [-0.25, -0.2) is 4.79 Å². The zero-order chi connectivity index (χ0) is 29.2. The molecule has 0 aromatic carbocycles. The van der Waals surface area contributed by atoms with Gasteiger partial charge in [0.1, 0.15) is 34.9 Å². The molecule has 0 spiro atoms. The Morgan fingerprint density at radius 1 is 1.10 bits per heavy atom. The molecule has 0 heterocycles. The van der Waals surface area contributed by atoms with E-state index in [0.717, 1.165) is 11.1 Å². The van der Waals surface area contributed by atoms with Crippen molar-refractivity contribution in [1.29, 1.82) is 0 Å². The number of rotatable bonds is 6. The maximum atomic E-state index is 13.1. The predicted octanol–water partition coefficient (Wildman–Crippen LogP) is 3.77. The second kappa shape index (κ2) is 9.97. The number of hydrogen-bond donors (Lipinski definition) is 3. The van der Waals surface area contributed by atoms with E-state index in [-0.39, 0.29) is 43.6 Å². The summed E-state index contributed by atoms with van der Waals surface area (Å²) in [6.45, 7) is 10.6. The van der Waals surface area contributed by atoms with Gasteiger partial charge in [-0.05, 0) is 70.6 Å². The Bertz CT molecular complexity index is 1110. The number of Topliss-reactive ketones (excluding diaryl/α,β-unsaturated/α-hetero) is 1. The van der Waals surface area contributed by atoms with Gasteiger partial charge in [0.15, 0.2) is 5.78 Å². The molecule has 3 fully saturated rings. The van der Waals surface area contributed by atoms with Crippen molar-refractivity contribution in [3.8, 4) is 0 Å². The fourth-order valence-corrected chi connectivity index (χ4v) is 8.26. The number of allylic oxidation sites excluding steroid dienone is 1. The highest BCUT2D eigenvalue weighted by atomic mass is 35.5. The molecule has 0 aliphatic heterocycles. The van der Waals surface area contributed by atoms with Gasteiger partial charge in [0, 0.05) is 18.4 Å². The van der Waals surface area contributed by atoms with Crippen LogP contribution in [0.2, 0.25) is 0 Å². The van der Waals surface area contributed by atoms with Crippen molar-refractivity contribution in [3.05, 3.63) is 23.3 Å². The van der Waals surface area contributed by atoms with Crippen LogP contribution in [-0.2, 0) is 23.9 Å². The summed E-state index contributed by atoms with van der Waals surface area (Å²) in [6.07, 6.45) is 3.78. The number of esters is 2. The zero-order valence-corrected chi connectivity index (χ0v) is 24.6. The number of fused-ring (bicyclic) bond motifs is 5. The van der Waals surface area contributed by atoms with Crippen LogP contribution in [-0.4, -0.2) is 67.9 Å². The second-order valence-electron chi connectivity index (χ2n) is 13.0. The van der Waals surface area contributed by atoms with Gasteiger partial charge in [-0.1, -0.05) is 38.0 Å². The lowest BCUT2D eigenvalue weighted by Gasteiger charge is -2.67. The molecule has 9 heteroatoms. The number of carbonyl (C=O) groups is 3. The van der Waals surface area contributed by atoms with E-state index in [4.69, 9.17) is 21.1 Å². The van der Waals surface area contributed by atoms with E-state index in [2.05, 4.69) is 0 Å². The largest absolute Gasteiger partial charge is 0.461 e. The van der Waals surface area contributed by atoms with Crippen LogP contribution < -0.4 is 0 Å². The Morgan fingerprint density at radius 3 is 2.36 bits per heavy atom. The molecular formula is C30H43ClO8.